The highest BCUT2D eigenvalue weighted by molar-refractivity contribution is 9.10. The molecule has 1 aromatic heterocycles. The van der Waals surface area contributed by atoms with Gasteiger partial charge in [0.05, 0.1) is 10.9 Å². The van der Waals surface area contributed by atoms with Crippen LogP contribution in [0, 0.1) is 12.7 Å². The van der Waals surface area contributed by atoms with Gasteiger partial charge in [-0.05, 0) is 47.5 Å². The van der Waals surface area contributed by atoms with Gasteiger partial charge in [0.15, 0.2) is 0 Å². The Labute approximate surface area is 108 Å². The van der Waals surface area contributed by atoms with Gasteiger partial charge in [-0.3, -0.25) is 4.98 Å². The molecule has 0 bridgehead atoms. The average molecular weight is 297 g/mol. The molecule has 0 fully saturated rings. The fourth-order valence-electron chi connectivity index (χ4n) is 1.80. The number of hydrogen-bond acceptors (Lipinski definition) is 2. The summed E-state index contributed by atoms with van der Waals surface area (Å²) in [6, 6.07) is 5.03. The van der Waals surface area contributed by atoms with Crippen molar-refractivity contribution in [1.29, 1.82) is 0 Å². The van der Waals surface area contributed by atoms with Gasteiger partial charge < -0.3 is 5.32 Å². The van der Waals surface area contributed by atoms with Gasteiger partial charge in [0, 0.05) is 22.4 Å². The van der Waals surface area contributed by atoms with Gasteiger partial charge in [0.25, 0.3) is 0 Å². The summed E-state index contributed by atoms with van der Waals surface area (Å²) in [5, 5.41) is 3.80. The SMILES string of the molecule is CCCNc1cc(C)nc2c(Br)ccc(F)c12. The topological polar surface area (TPSA) is 24.9 Å². The van der Waals surface area contributed by atoms with Crippen LogP contribution in [0.2, 0.25) is 0 Å². The lowest BCUT2D eigenvalue weighted by Gasteiger charge is -2.11. The lowest BCUT2D eigenvalue weighted by molar-refractivity contribution is 0.639. The molecule has 0 aliphatic heterocycles. The molecule has 0 aliphatic rings. The third kappa shape index (κ3) is 2.41. The molecule has 0 saturated carbocycles. The van der Waals surface area contributed by atoms with Gasteiger partial charge in [0.2, 0.25) is 0 Å². The number of hydrogen-bond donors (Lipinski definition) is 1. The number of aryl methyl sites for hydroxylation is 1. The molecule has 1 N–H and O–H groups in total. The Morgan fingerprint density at radius 3 is 2.88 bits per heavy atom. The first-order valence-corrected chi connectivity index (χ1v) is 6.42. The van der Waals surface area contributed by atoms with Gasteiger partial charge >= 0.3 is 0 Å². The molecule has 0 saturated heterocycles. The van der Waals surface area contributed by atoms with Crippen LogP contribution in [0.4, 0.5) is 10.1 Å². The lowest BCUT2D eigenvalue weighted by atomic mass is 10.1. The molecule has 2 rings (SSSR count). The van der Waals surface area contributed by atoms with Crippen LogP contribution in [0.25, 0.3) is 10.9 Å². The molecule has 0 aliphatic carbocycles. The first kappa shape index (κ1) is 12.3. The molecule has 0 spiro atoms. The maximum atomic E-state index is 13.9. The Morgan fingerprint density at radius 2 is 2.18 bits per heavy atom. The predicted molar refractivity (Wildman–Crippen MR) is 72.9 cm³/mol. The van der Waals surface area contributed by atoms with E-state index in [1.807, 2.05) is 13.0 Å². The third-order valence-corrected chi connectivity index (χ3v) is 3.19. The fraction of sp³-hybridized carbons (Fsp3) is 0.308. The van der Waals surface area contributed by atoms with Crippen molar-refractivity contribution in [2.45, 2.75) is 20.3 Å². The molecule has 1 heterocycles. The largest absolute Gasteiger partial charge is 0.384 e. The molecule has 0 atom stereocenters. The first-order valence-electron chi connectivity index (χ1n) is 5.62. The number of aromatic nitrogens is 1. The summed E-state index contributed by atoms with van der Waals surface area (Å²) in [4.78, 5) is 4.38. The molecule has 0 radical (unpaired) electrons. The van der Waals surface area contributed by atoms with E-state index in [1.54, 1.807) is 6.07 Å². The minimum Gasteiger partial charge on any atom is -0.384 e. The molecule has 17 heavy (non-hydrogen) atoms. The zero-order valence-corrected chi connectivity index (χ0v) is 11.4. The van der Waals surface area contributed by atoms with Crippen LogP contribution >= 0.6 is 15.9 Å². The highest BCUT2D eigenvalue weighted by atomic mass is 79.9. The lowest BCUT2D eigenvalue weighted by Crippen LogP contribution is -2.03. The van der Waals surface area contributed by atoms with Crippen molar-refractivity contribution in [1.82, 2.24) is 4.98 Å². The molecule has 2 nitrogen and oxygen atoms in total. The number of pyridine rings is 1. The van der Waals surface area contributed by atoms with E-state index in [4.69, 9.17) is 0 Å². The molecular weight excluding hydrogens is 283 g/mol. The van der Waals surface area contributed by atoms with Crippen molar-refractivity contribution in [3.8, 4) is 0 Å². The van der Waals surface area contributed by atoms with Crippen molar-refractivity contribution in [3.05, 3.63) is 34.2 Å². The molecule has 1 aromatic carbocycles. The van der Waals surface area contributed by atoms with Crippen LogP contribution in [0.15, 0.2) is 22.7 Å². The standard InChI is InChI=1S/C13H14BrFN2/c1-3-6-16-11-7-8(2)17-13-9(14)4-5-10(15)12(11)13/h4-5,7H,3,6H2,1-2H3,(H,16,17). The Hall–Kier alpha value is -1.16. The summed E-state index contributed by atoms with van der Waals surface area (Å²) < 4.78 is 14.7. The highest BCUT2D eigenvalue weighted by Crippen LogP contribution is 2.31. The summed E-state index contributed by atoms with van der Waals surface area (Å²) in [7, 11) is 0. The zero-order valence-electron chi connectivity index (χ0n) is 9.85. The number of benzene rings is 1. The first-order chi connectivity index (χ1) is 8.13. The maximum Gasteiger partial charge on any atom is 0.134 e. The molecule has 2 aromatic rings. The number of rotatable bonds is 3. The van der Waals surface area contributed by atoms with Crippen molar-refractivity contribution in [2.24, 2.45) is 0 Å². The highest BCUT2D eigenvalue weighted by Gasteiger charge is 2.11. The van der Waals surface area contributed by atoms with Crippen molar-refractivity contribution >= 4 is 32.5 Å². The Kier molecular flexibility index (Phi) is 3.62. The quantitative estimate of drug-likeness (QED) is 0.915. The minimum atomic E-state index is -0.241. The van der Waals surface area contributed by atoms with Crippen molar-refractivity contribution in [3.63, 3.8) is 0 Å². The molecule has 0 amide bonds. The van der Waals surface area contributed by atoms with Crippen LogP contribution < -0.4 is 5.32 Å². The second-order valence-electron chi connectivity index (χ2n) is 3.99. The average Bonchev–Trinajstić information content (AvgIpc) is 2.30. The van der Waals surface area contributed by atoms with Crippen molar-refractivity contribution < 1.29 is 4.39 Å². The van der Waals surface area contributed by atoms with E-state index in [2.05, 4.69) is 33.2 Å². The van der Waals surface area contributed by atoms with Crippen LogP contribution in [0.5, 0.6) is 0 Å². The van der Waals surface area contributed by atoms with E-state index in [0.29, 0.717) is 10.9 Å². The van der Waals surface area contributed by atoms with E-state index in [9.17, 15) is 4.39 Å². The van der Waals surface area contributed by atoms with Crippen LogP contribution in [0.1, 0.15) is 19.0 Å². The van der Waals surface area contributed by atoms with Crippen LogP contribution in [0.3, 0.4) is 0 Å². The molecule has 0 unspecified atom stereocenters. The molecule has 90 valence electrons. The van der Waals surface area contributed by atoms with E-state index in [1.165, 1.54) is 6.07 Å². The van der Waals surface area contributed by atoms with Gasteiger partial charge in [-0.1, -0.05) is 6.92 Å². The number of fused-ring (bicyclic) bond motifs is 1. The monoisotopic (exact) mass is 296 g/mol. The van der Waals surface area contributed by atoms with Crippen LogP contribution in [-0.2, 0) is 0 Å². The summed E-state index contributed by atoms with van der Waals surface area (Å²) >= 11 is 3.41. The normalized spacial score (nSPS) is 10.8. The van der Waals surface area contributed by atoms with Gasteiger partial charge in [-0.2, -0.15) is 0 Å². The summed E-state index contributed by atoms with van der Waals surface area (Å²) in [6.45, 7) is 4.81. The summed E-state index contributed by atoms with van der Waals surface area (Å²) in [6.07, 6.45) is 0.998. The van der Waals surface area contributed by atoms with E-state index >= 15 is 0 Å². The van der Waals surface area contributed by atoms with E-state index in [0.717, 1.165) is 28.8 Å². The third-order valence-electron chi connectivity index (χ3n) is 2.55. The Balaban J connectivity index is 2.68. The second-order valence-corrected chi connectivity index (χ2v) is 4.85. The Bertz CT molecular complexity index is 555. The summed E-state index contributed by atoms with van der Waals surface area (Å²) in [5.41, 5.74) is 2.36. The number of halogens is 2. The number of anilines is 1. The zero-order chi connectivity index (χ0) is 12.4. The van der Waals surface area contributed by atoms with E-state index in [-0.39, 0.29) is 5.82 Å². The predicted octanol–water partition coefficient (Wildman–Crippen LogP) is 4.27. The fourth-order valence-corrected chi connectivity index (χ4v) is 2.21. The van der Waals surface area contributed by atoms with Gasteiger partial charge in [-0.25, -0.2) is 4.39 Å². The maximum absolute atomic E-state index is 13.9. The van der Waals surface area contributed by atoms with Crippen molar-refractivity contribution in [2.75, 3.05) is 11.9 Å². The molecular formula is C13H14BrFN2. The van der Waals surface area contributed by atoms with Crippen LogP contribution in [-0.4, -0.2) is 11.5 Å². The van der Waals surface area contributed by atoms with E-state index < -0.39 is 0 Å². The summed E-state index contributed by atoms with van der Waals surface area (Å²) in [5.74, 6) is -0.241. The number of nitrogens with one attached hydrogen (secondary N) is 1. The smallest absolute Gasteiger partial charge is 0.134 e. The minimum absolute atomic E-state index is 0.241. The molecule has 4 heteroatoms. The second kappa shape index (κ2) is 5.00. The van der Waals surface area contributed by atoms with Gasteiger partial charge in [-0.15, -0.1) is 0 Å². The number of nitrogens with zero attached hydrogens (tertiary/aromatic N) is 1. The Morgan fingerprint density at radius 1 is 1.41 bits per heavy atom. The van der Waals surface area contributed by atoms with Gasteiger partial charge in [0.1, 0.15) is 5.82 Å².